The highest BCUT2D eigenvalue weighted by atomic mass is 15.0. The SMILES string of the molecule is CN(C)Cc1cccc(NC2CCC3CCCCC3C2)c1. The molecule has 0 aliphatic heterocycles. The molecule has 3 unspecified atom stereocenters. The van der Waals surface area contributed by atoms with Gasteiger partial charge in [0.1, 0.15) is 0 Å². The van der Waals surface area contributed by atoms with E-state index in [1.165, 1.54) is 56.2 Å². The molecule has 2 aliphatic carbocycles. The molecule has 0 radical (unpaired) electrons. The Morgan fingerprint density at radius 3 is 2.67 bits per heavy atom. The van der Waals surface area contributed by atoms with E-state index in [0.29, 0.717) is 6.04 Å². The van der Waals surface area contributed by atoms with Crippen LogP contribution < -0.4 is 5.32 Å². The van der Waals surface area contributed by atoms with Gasteiger partial charge < -0.3 is 10.2 Å². The zero-order chi connectivity index (χ0) is 14.7. The van der Waals surface area contributed by atoms with Crippen LogP contribution in [0.15, 0.2) is 24.3 Å². The van der Waals surface area contributed by atoms with Crippen molar-refractivity contribution in [3.8, 4) is 0 Å². The first-order chi connectivity index (χ1) is 10.2. The summed E-state index contributed by atoms with van der Waals surface area (Å²) >= 11 is 0. The number of fused-ring (bicyclic) bond motifs is 1. The molecule has 0 spiro atoms. The second kappa shape index (κ2) is 6.83. The summed E-state index contributed by atoms with van der Waals surface area (Å²) in [4.78, 5) is 2.23. The lowest BCUT2D eigenvalue weighted by atomic mass is 9.69. The lowest BCUT2D eigenvalue weighted by Gasteiger charge is -2.39. The van der Waals surface area contributed by atoms with E-state index >= 15 is 0 Å². The van der Waals surface area contributed by atoms with Gasteiger partial charge in [0.15, 0.2) is 0 Å². The van der Waals surface area contributed by atoms with Crippen LogP contribution in [0, 0.1) is 11.8 Å². The van der Waals surface area contributed by atoms with E-state index in [0.717, 1.165) is 18.4 Å². The van der Waals surface area contributed by atoms with E-state index in [1.54, 1.807) is 0 Å². The molecular formula is C19H30N2. The molecule has 0 saturated heterocycles. The summed E-state index contributed by atoms with van der Waals surface area (Å²) in [7, 11) is 4.26. The first-order valence-electron chi connectivity index (χ1n) is 8.71. The number of nitrogens with zero attached hydrogens (tertiary/aromatic N) is 1. The van der Waals surface area contributed by atoms with Crippen LogP contribution in [0.3, 0.4) is 0 Å². The average Bonchev–Trinajstić information content (AvgIpc) is 2.47. The molecule has 21 heavy (non-hydrogen) atoms. The Balaban J connectivity index is 1.59. The highest BCUT2D eigenvalue weighted by Crippen LogP contribution is 2.41. The molecule has 2 saturated carbocycles. The van der Waals surface area contributed by atoms with Crippen molar-refractivity contribution >= 4 is 5.69 Å². The molecule has 2 aliphatic rings. The number of hydrogen-bond donors (Lipinski definition) is 1. The largest absolute Gasteiger partial charge is 0.382 e. The van der Waals surface area contributed by atoms with Crippen LogP contribution in [-0.2, 0) is 6.54 Å². The van der Waals surface area contributed by atoms with Crippen molar-refractivity contribution in [3.05, 3.63) is 29.8 Å². The smallest absolute Gasteiger partial charge is 0.0345 e. The minimum Gasteiger partial charge on any atom is -0.382 e. The maximum Gasteiger partial charge on any atom is 0.0345 e. The minimum atomic E-state index is 0.693. The number of hydrogen-bond acceptors (Lipinski definition) is 2. The predicted molar refractivity (Wildman–Crippen MR) is 90.5 cm³/mol. The first-order valence-corrected chi connectivity index (χ1v) is 8.71. The summed E-state index contributed by atoms with van der Waals surface area (Å²) in [5.41, 5.74) is 2.71. The Hall–Kier alpha value is -1.02. The normalized spacial score (nSPS) is 29.2. The van der Waals surface area contributed by atoms with Crippen molar-refractivity contribution in [1.29, 1.82) is 0 Å². The molecular weight excluding hydrogens is 256 g/mol. The zero-order valence-electron chi connectivity index (χ0n) is 13.6. The van der Waals surface area contributed by atoms with E-state index in [-0.39, 0.29) is 0 Å². The van der Waals surface area contributed by atoms with Gasteiger partial charge in [-0.25, -0.2) is 0 Å². The molecule has 2 heteroatoms. The number of nitrogens with one attached hydrogen (secondary N) is 1. The van der Waals surface area contributed by atoms with Gasteiger partial charge in [-0.2, -0.15) is 0 Å². The van der Waals surface area contributed by atoms with Gasteiger partial charge in [0.05, 0.1) is 0 Å². The zero-order valence-corrected chi connectivity index (χ0v) is 13.6. The minimum absolute atomic E-state index is 0.693. The second-order valence-corrected chi connectivity index (χ2v) is 7.40. The van der Waals surface area contributed by atoms with Crippen LogP contribution in [0.2, 0.25) is 0 Å². The topological polar surface area (TPSA) is 15.3 Å². The van der Waals surface area contributed by atoms with Gasteiger partial charge in [-0.05, 0) is 62.9 Å². The molecule has 2 fully saturated rings. The fourth-order valence-corrected chi connectivity index (χ4v) is 4.36. The third-order valence-corrected chi connectivity index (χ3v) is 5.34. The van der Waals surface area contributed by atoms with Crippen molar-refractivity contribution < 1.29 is 0 Å². The summed E-state index contributed by atoms with van der Waals surface area (Å²) in [5.74, 6) is 2.03. The van der Waals surface area contributed by atoms with Crippen LogP contribution in [0.25, 0.3) is 0 Å². The van der Waals surface area contributed by atoms with Crippen LogP contribution >= 0.6 is 0 Å². The van der Waals surface area contributed by atoms with Crippen molar-refractivity contribution in [3.63, 3.8) is 0 Å². The van der Waals surface area contributed by atoms with Crippen molar-refractivity contribution in [2.45, 2.75) is 57.5 Å². The first kappa shape index (κ1) is 14.9. The lowest BCUT2D eigenvalue weighted by molar-refractivity contribution is 0.162. The Morgan fingerprint density at radius 2 is 1.86 bits per heavy atom. The van der Waals surface area contributed by atoms with Gasteiger partial charge in [-0.15, -0.1) is 0 Å². The molecule has 0 bridgehead atoms. The molecule has 2 nitrogen and oxygen atoms in total. The number of benzene rings is 1. The van der Waals surface area contributed by atoms with Gasteiger partial charge in [-0.3, -0.25) is 0 Å². The highest BCUT2D eigenvalue weighted by molar-refractivity contribution is 5.46. The van der Waals surface area contributed by atoms with Crippen LogP contribution in [0.5, 0.6) is 0 Å². The quantitative estimate of drug-likeness (QED) is 0.875. The standard InChI is InChI=1S/C19H30N2/c1-21(2)14-15-6-5-9-18(12-15)20-19-11-10-16-7-3-4-8-17(16)13-19/h5-6,9,12,16-17,19-20H,3-4,7-8,10-11,13-14H2,1-2H3. The van der Waals surface area contributed by atoms with E-state index in [4.69, 9.17) is 0 Å². The Labute approximate surface area is 129 Å². The highest BCUT2D eigenvalue weighted by Gasteiger charge is 2.31. The van der Waals surface area contributed by atoms with E-state index in [2.05, 4.69) is 48.6 Å². The number of rotatable bonds is 4. The number of anilines is 1. The van der Waals surface area contributed by atoms with E-state index in [9.17, 15) is 0 Å². The molecule has 0 aromatic heterocycles. The van der Waals surface area contributed by atoms with Crippen molar-refractivity contribution in [1.82, 2.24) is 4.90 Å². The van der Waals surface area contributed by atoms with Crippen LogP contribution in [0.4, 0.5) is 5.69 Å². The molecule has 3 rings (SSSR count). The summed E-state index contributed by atoms with van der Waals surface area (Å²) < 4.78 is 0. The summed E-state index contributed by atoms with van der Waals surface area (Å²) in [6.07, 6.45) is 10.1. The Morgan fingerprint density at radius 1 is 1.05 bits per heavy atom. The summed E-state index contributed by atoms with van der Waals surface area (Å²) in [6, 6.07) is 9.66. The van der Waals surface area contributed by atoms with Crippen LogP contribution in [0.1, 0.15) is 50.5 Å². The van der Waals surface area contributed by atoms with Gasteiger partial charge in [0, 0.05) is 18.3 Å². The maximum atomic E-state index is 3.81. The van der Waals surface area contributed by atoms with Gasteiger partial charge in [-0.1, -0.05) is 37.8 Å². The van der Waals surface area contributed by atoms with Crippen LogP contribution in [-0.4, -0.2) is 25.0 Å². The lowest BCUT2D eigenvalue weighted by Crippen LogP contribution is -2.34. The third-order valence-electron chi connectivity index (χ3n) is 5.34. The Bertz CT molecular complexity index is 455. The summed E-state index contributed by atoms with van der Waals surface area (Å²) in [5, 5.41) is 3.81. The summed E-state index contributed by atoms with van der Waals surface area (Å²) in [6.45, 7) is 1.02. The molecule has 116 valence electrons. The fourth-order valence-electron chi connectivity index (χ4n) is 4.36. The molecule has 1 N–H and O–H groups in total. The monoisotopic (exact) mass is 286 g/mol. The van der Waals surface area contributed by atoms with Crippen molar-refractivity contribution in [2.24, 2.45) is 11.8 Å². The molecule has 1 aromatic rings. The van der Waals surface area contributed by atoms with Gasteiger partial charge in [0.2, 0.25) is 0 Å². The second-order valence-electron chi connectivity index (χ2n) is 7.40. The van der Waals surface area contributed by atoms with Crippen molar-refractivity contribution in [2.75, 3.05) is 19.4 Å². The average molecular weight is 286 g/mol. The van der Waals surface area contributed by atoms with E-state index in [1.807, 2.05) is 0 Å². The van der Waals surface area contributed by atoms with Gasteiger partial charge >= 0.3 is 0 Å². The Kier molecular flexibility index (Phi) is 4.84. The maximum absolute atomic E-state index is 3.81. The molecule has 0 heterocycles. The predicted octanol–water partition coefficient (Wildman–Crippen LogP) is 4.52. The molecule has 1 aromatic carbocycles. The molecule has 0 amide bonds. The van der Waals surface area contributed by atoms with E-state index < -0.39 is 0 Å². The molecule has 3 atom stereocenters. The van der Waals surface area contributed by atoms with Gasteiger partial charge in [0.25, 0.3) is 0 Å². The fraction of sp³-hybridized carbons (Fsp3) is 0.684. The third kappa shape index (κ3) is 4.00.